The summed E-state index contributed by atoms with van der Waals surface area (Å²) in [6.07, 6.45) is 1.72. The highest BCUT2D eigenvalue weighted by Crippen LogP contribution is 2.13. The third kappa shape index (κ3) is 14.8. The Balaban J connectivity index is 3.21. The van der Waals surface area contributed by atoms with Crippen molar-refractivity contribution in [2.24, 2.45) is 11.7 Å². The summed E-state index contributed by atoms with van der Waals surface area (Å²) >= 11 is 0. The van der Waals surface area contributed by atoms with Crippen molar-refractivity contribution in [2.75, 3.05) is 12.0 Å². The van der Waals surface area contributed by atoms with Crippen LogP contribution in [0.2, 0.25) is 0 Å². The number of sulfone groups is 1. The first-order valence-corrected chi connectivity index (χ1v) is 16.0. The molecule has 13 nitrogen and oxygen atoms in total. The van der Waals surface area contributed by atoms with E-state index in [1.54, 1.807) is 19.1 Å². The Morgan fingerprint density at radius 3 is 1.90 bits per heavy atom. The Morgan fingerprint density at radius 2 is 1.40 bits per heavy atom. The van der Waals surface area contributed by atoms with Crippen molar-refractivity contribution < 1.29 is 37.5 Å². The Labute approximate surface area is 247 Å². The monoisotopic (exact) mass is 611 g/mol. The number of benzene rings is 1. The number of phenolic OH excluding ortho intramolecular Hbond substituents is 1. The number of nitrogens with one attached hydrogen (secondary N) is 4. The second-order valence-corrected chi connectivity index (χ2v) is 13.2. The maximum atomic E-state index is 13.6. The van der Waals surface area contributed by atoms with E-state index in [4.69, 9.17) is 5.73 Å². The molecule has 1 aromatic carbocycles. The lowest BCUT2D eigenvalue weighted by molar-refractivity contribution is -0.134. The molecule has 0 radical (unpaired) electrons. The van der Waals surface area contributed by atoms with Crippen molar-refractivity contribution in [1.29, 1.82) is 0 Å². The third-order valence-corrected chi connectivity index (χ3v) is 7.35. The fourth-order valence-electron chi connectivity index (χ4n) is 4.19. The van der Waals surface area contributed by atoms with Crippen LogP contribution in [-0.2, 0) is 40.2 Å². The van der Waals surface area contributed by atoms with Gasteiger partial charge in [0.15, 0.2) is 0 Å². The van der Waals surface area contributed by atoms with Crippen LogP contribution < -0.4 is 27.0 Å². The van der Waals surface area contributed by atoms with Gasteiger partial charge in [0, 0.05) is 32.1 Å². The molecule has 0 aromatic heterocycles. The van der Waals surface area contributed by atoms with Crippen LogP contribution in [0.5, 0.6) is 5.75 Å². The summed E-state index contributed by atoms with van der Waals surface area (Å²) in [6, 6.07) is 2.33. The standard InChI is InChI=1S/C28H45N5O8S/c1-6-22(30-18(4)34)26(37)33-24(16-19-7-10-21(35)11-8-19)28(39)32-23(15-17(2)3)27(38)31-20(9-12-25(29)36)13-14-42(5,40)41/h7-8,10-11,17,20,22-24,35H,6,9,12-16H2,1-5H3,(H2,29,36)(H,30,34)(H,31,38)(H,32,39)(H,33,37)/t20-,22-,23-,24+/m0/s1. The normalized spacial score (nSPS) is 14.2. The molecule has 5 amide bonds. The Bertz CT molecular complexity index is 1190. The Kier molecular flexibility index (Phi) is 15.0. The third-order valence-electron chi connectivity index (χ3n) is 6.37. The van der Waals surface area contributed by atoms with Crippen molar-refractivity contribution in [2.45, 2.75) is 90.4 Å². The van der Waals surface area contributed by atoms with E-state index in [-0.39, 0.29) is 55.9 Å². The topological polar surface area (TPSA) is 214 Å². The molecule has 0 heterocycles. The first-order chi connectivity index (χ1) is 19.5. The molecule has 4 atom stereocenters. The summed E-state index contributed by atoms with van der Waals surface area (Å²) in [5.74, 6) is -3.04. The van der Waals surface area contributed by atoms with E-state index in [9.17, 15) is 37.5 Å². The van der Waals surface area contributed by atoms with Gasteiger partial charge in [-0.25, -0.2) is 8.42 Å². The molecule has 0 fully saturated rings. The molecule has 0 unspecified atom stereocenters. The first-order valence-electron chi connectivity index (χ1n) is 13.9. The fourth-order valence-corrected chi connectivity index (χ4v) is 4.90. The van der Waals surface area contributed by atoms with E-state index >= 15 is 0 Å². The van der Waals surface area contributed by atoms with Crippen molar-refractivity contribution in [1.82, 2.24) is 21.3 Å². The molecule has 0 aliphatic heterocycles. The van der Waals surface area contributed by atoms with Gasteiger partial charge in [-0.1, -0.05) is 32.9 Å². The summed E-state index contributed by atoms with van der Waals surface area (Å²) < 4.78 is 23.4. The molecular formula is C28H45N5O8S. The molecular weight excluding hydrogens is 566 g/mol. The minimum atomic E-state index is -3.34. The second-order valence-electron chi connectivity index (χ2n) is 10.9. The van der Waals surface area contributed by atoms with Crippen molar-refractivity contribution in [3.63, 3.8) is 0 Å². The number of hydrogen-bond acceptors (Lipinski definition) is 8. The van der Waals surface area contributed by atoms with E-state index in [1.807, 2.05) is 13.8 Å². The average molecular weight is 612 g/mol. The lowest BCUT2D eigenvalue weighted by atomic mass is 10.00. The number of nitrogens with two attached hydrogens (primary N) is 1. The lowest BCUT2D eigenvalue weighted by Gasteiger charge is -2.27. The largest absolute Gasteiger partial charge is 0.508 e. The van der Waals surface area contributed by atoms with E-state index in [0.29, 0.717) is 5.56 Å². The van der Waals surface area contributed by atoms with Crippen molar-refractivity contribution in [3.05, 3.63) is 29.8 Å². The SMILES string of the molecule is CC[C@H](NC(C)=O)C(=O)N[C@H](Cc1ccc(O)cc1)C(=O)N[C@@H](CC(C)C)C(=O)N[C@@H](CCC(N)=O)CCS(C)(=O)=O. The molecule has 42 heavy (non-hydrogen) atoms. The van der Waals surface area contributed by atoms with Crippen molar-refractivity contribution in [3.8, 4) is 5.75 Å². The number of aromatic hydroxyl groups is 1. The highest BCUT2D eigenvalue weighted by molar-refractivity contribution is 7.90. The van der Waals surface area contributed by atoms with Gasteiger partial charge >= 0.3 is 0 Å². The van der Waals surface area contributed by atoms with Crippen LogP contribution in [0, 0.1) is 5.92 Å². The van der Waals surface area contributed by atoms with Gasteiger partial charge in [-0.3, -0.25) is 24.0 Å². The predicted molar refractivity (Wildman–Crippen MR) is 158 cm³/mol. The minimum absolute atomic E-state index is 0.0240. The minimum Gasteiger partial charge on any atom is -0.508 e. The van der Waals surface area contributed by atoms with E-state index < -0.39 is 63.5 Å². The summed E-state index contributed by atoms with van der Waals surface area (Å²) in [5.41, 5.74) is 5.87. The predicted octanol–water partition coefficient (Wildman–Crippen LogP) is 0.0501. The molecule has 1 rings (SSSR count). The highest BCUT2D eigenvalue weighted by Gasteiger charge is 2.30. The van der Waals surface area contributed by atoms with Gasteiger partial charge in [-0.15, -0.1) is 0 Å². The molecule has 0 aliphatic rings. The van der Waals surface area contributed by atoms with Gasteiger partial charge in [-0.2, -0.15) is 0 Å². The Morgan fingerprint density at radius 1 is 0.857 bits per heavy atom. The number of amides is 5. The van der Waals surface area contributed by atoms with Crippen LogP contribution in [0.25, 0.3) is 0 Å². The average Bonchev–Trinajstić information content (AvgIpc) is 2.88. The fraction of sp³-hybridized carbons (Fsp3) is 0.607. The maximum absolute atomic E-state index is 13.6. The second kappa shape index (κ2) is 17.3. The van der Waals surface area contributed by atoms with Crippen LogP contribution in [0.4, 0.5) is 0 Å². The van der Waals surface area contributed by atoms with Crippen LogP contribution in [0.3, 0.4) is 0 Å². The van der Waals surface area contributed by atoms with Gasteiger partial charge in [-0.05, 0) is 49.3 Å². The summed E-state index contributed by atoms with van der Waals surface area (Å²) in [6.45, 7) is 6.69. The summed E-state index contributed by atoms with van der Waals surface area (Å²) in [4.78, 5) is 62.8. The number of carbonyl (C=O) groups is 5. The molecule has 236 valence electrons. The lowest BCUT2D eigenvalue weighted by Crippen LogP contribution is -2.58. The number of phenols is 1. The van der Waals surface area contributed by atoms with Crippen LogP contribution in [0.1, 0.15) is 65.4 Å². The quantitative estimate of drug-likeness (QED) is 0.133. The van der Waals surface area contributed by atoms with Crippen LogP contribution in [-0.4, -0.2) is 79.2 Å². The van der Waals surface area contributed by atoms with Gasteiger partial charge < -0.3 is 32.1 Å². The number of hydrogen-bond donors (Lipinski definition) is 6. The maximum Gasteiger partial charge on any atom is 0.243 e. The number of carbonyl (C=O) groups excluding carboxylic acids is 5. The molecule has 0 saturated carbocycles. The van der Waals surface area contributed by atoms with E-state index in [0.717, 1.165) is 6.26 Å². The summed E-state index contributed by atoms with van der Waals surface area (Å²) in [5, 5.41) is 20.3. The molecule has 0 bridgehead atoms. The number of primary amides is 1. The zero-order valence-corrected chi connectivity index (χ0v) is 25.8. The molecule has 0 aliphatic carbocycles. The number of rotatable bonds is 18. The van der Waals surface area contributed by atoms with Gasteiger partial charge in [0.1, 0.15) is 33.7 Å². The van der Waals surface area contributed by atoms with Gasteiger partial charge in [0.25, 0.3) is 0 Å². The van der Waals surface area contributed by atoms with Crippen LogP contribution >= 0.6 is 0 Å². The molecule has 14 heteroatoms. The molecule has 0 spiro atoms. The zero-order chi connectivity index (χ0) is 32.0. The Hall–Kier alpha value is -3.68. The molecule has 0 saturated heterocycles. The van der Waals surface area contributed by atoms with Crippen LogP contribution in [0.15, 0.2) is 24.3 Å². The summed E-state index contributed by atoms with van der Waals surface area (Å²) in [7, 11) is -3.34. The molecule has 1 aromatic rings. The van der Waals surface area contributed by atoms with Crippen molar-refractivity contribution >= 4 is 39.4 Å². The van der Waals surface area contributed by atoms with Gasteiger partial charge in [0.2, 0.25) is 29.5 Å². The first kappa shape index (κ1) is 36.3. The molecule has 7 N–H and O–H groups in total. The van der Waals surface area contributed by atoms with E-state index in [2.05, 4.69) is 21.3 Å². The zero-order valence-electron chi connectivity index (χ0n) is 24.9. The highest BCUT2D eigenvalue weighted by atomic mass is 32.2. The van der Waals surface area contributed by atoms with E-state index in [1.165, 1.54) is 19.1 Å². The smallest absolute Gasteiger partial charge is 0.243 e. The van der Waals surface area contributed by atoms with Gasteiger partial charge in [0.05, 0.1) is 5.75 Å².